The maximum atomic E-state index is 6.19. The largest absolute Gasteiger partial charge is 0.487 e. The van der Waals surface area contributed by atoms with Crippen LogP contribution in [0.4, 0.5) is 0 Å². The Balaban J connectivity index is 1.71. The van der Waals surface area contributed by atoms with Crippen LogP contribution in [-0.4, -0.2) is 26.4 Å². The van der Waals surface area contributed by atoms with Gasteiger partial charge in [0.25, 0.3) is 0 Å². The molecule has 220 valence electrons. The highest BCUT2D eigenvalue weighted by molar-refractivity contribution is 8.00. The summed E-state index contributed by atoms with van der Waals surface area (Å²) >= 11 is 1.91. The van der Waals surface area contributed by atoms with E-state index in [1.54, 1.807) is 13.3 Å². The Morgan fingerprint density at radius 2 is 1.64 bits per heavy atom. The summed E-state index contributed by atoms with van der Waals surface area (Å²) in [7, 11) is 1.63. The summed E-state index contributed by atoms with van der Waals surface area (Å²) in [5.41, 5.74) is 5.68. The van der Waals surface area contributed by atoms with Crippen LogP contribution in [0.1, 0.15) is 58.0 Å². The molecule has 5 nitrogen and oxygen atoms in total. The number of pyridine rings is 2. The molecule has 0 fully saturated rings. The molecule has 3 aromatic heterocycles. The maximum Gasteiger partial charge on any atom is 0.212 e. The van der Waals surface area contributed by atoms with Crippen LogP contribution in [-0.2, 0) is 19.6 Å². The zero-order valence-corrected chi connectivity index (χ0v) is 26.5. The number of hydrogen-bond donors (Lipinski definition) is 0. The fourth-order valence-corrected chi connectivity index (χ4v) is 5.59. The highest BCUT2D eigenvalue weighted by atomic mass is 32.2. The minimum atomic E-state index is 0.0545. The topological polar surface area (TPSA) is 49.2 Å². The van der Waals surface area contributed by atoms with Gasteiger partial charge in [-0.05, 0) is 72.4 Å². The second-order valence-electron chi connectivity index (χ2n) is 11.7. The summed E-state index contributed by atoms with van der Waals surface area (Å²) in [5, 5.41) is 0. The summed E-state index contributed by atoms with van der Waals surface area (Å²) in [5.74, 6) is 2.04. The molecule has 6 heteroatoms. The molecule has 4 rings (SSSR count). The fourth-order valence-electron chi connectivity index (χ4n) is 4.45. The molecule has 0 aliphatic carbocycles. The van der Waals surface area contributed by atoms with Gasteiger partial charge < -0.3 is 14.0 Å². The molecule has 0 aliphatic heterocycles. The average Bonchev–Trinajstić information content (AvgIpc) is 3.04. The van der Waals surface area contributed by atoms with E-state index in [1.165, 1.54) is 16.2 Å². The predicted molar refractivity (Wildman–Crippen MR) is 175 cm³/mol. The van der Waals surface area contributed by atoms with E-state index < -0.39 is 0 Å². The summed E-state index contributed by atoms with van der Waals surface area (Å²) < 4.78 is 13.9. The molecule has 4 aromatic rings. The van der Waals surface area contributed by atoms with Crippen LogP contribution < -0.4 is 9.47 Å². The van der Waals surface area contributed by atoms with Gasteiger partial charge in [-0.15, -0.1) is 11.8 Å². The summed E-state index contributed by atoms with van der Waals surface area (Å²) in [6.45, 7) is 12.6. The molecule has 3 heterocycles. The van der Waals surface area contributed by atoms with Crippen molar-refractivity contribution >= 4 is 11.8 Å². The van der Waals surface area contributed by atoms with Crippen LogP contribution >= 0.6 is 11.8 Å². The average molecular weight is 582 g/mol. The van der Waals surface area contributed by atoms with Gasteiger partial charge in [0.05, 0.1) is 12.8 Å². The standard InChI is InChI=1S/C36H43N3O2S/c1-27(2)12-19-33-34(42-36(3,4)5)20-18-32(41-26-31-10-7-8-22-37-31)11-9-23-39(33)25-28-13-15-29(16-14-28)30-17-21-35(40-6)38-24-30/h7-11,13-18,20-24,27H,12,19,25-26H2,1-6H3. The molecule has 0 amide bonds. The van der Waals surface area contributed by atoms with E-state index in [4.69, 9.17) is 9.47 Å². The SMILES string of the molecule is COc1ccc(-c2ccc(Cn3cccc(OCc4ccccn4)ccc(SC(C)(C)C)c3CCC(C)C)cc2)cn1. The number of ether oxygens (including phenoxy) is 2. The minimum absolute atomic E-state index is 0.0545. The van der Waals surface area contributed by atoms with Gasteiger partial charge in [-0.1, -0.05) is 65.0 Å². The van der Waals surface area contributed by atoms with Crippen LogP contribution in [0.5, 0.6) is 11.6 Å². The van der Waals surface area contributed by atoms with Gasteiger partial charge in [0, 0.05) is 52.1 Å². The van der Waals surface area contributed by atoms with Crippen molar-refractivity contribution in [2.45, 2.75) is 70.3 Å². The minimum Gasteiger partial charge on any atom is -0.487 e. The number of nitrogens with zero attached hydrogens (tertiary/aromatic N) is 3. The van der Waals surface area contributed by atoms with Gasteiger partial charge in [0.2, 0.25) is 5.88 Å². The quantitative estimate of drug-likeness (QED) is 0.165. The Kier molecular flexibility index (Phi) is 11.1. The van der Waals surface area contributed by atoms with Crippen molar-refractivity contribution in [2.24, 2.45) is 5.92 Å². The number of methoxy groups -OCH3 is 1. The van der Waals surface area contributed by atoms with E-state index in [1.807, 2.05) is 54.4 Å². The van der Waals surface area contributed by atoms with Gasteiger partial charge in [-0.25, -0.2) is 4.98 Å². The smallest absolute Gasteiger partial charge is 0.212 e. The van der Waals surface area contributed by atoms with Crippen molar-refractivity contribution in [2.75, 3.05) is 7.11 Å². The first-order valence-corrected chi connectivity index (χ1v) is 15.4. The Hall–Kier alpha value is -3.77. The highest BCUT2D eigenvalue weighted by Crippen LogP contribution is 2.35. The first kappa shape index (κ1) is 31.2. The van der Waals surface area contributed by atoms with Gasteiger partial charge in [-0.3, -0.25) is 4.98 Å². The lowest BCUT2D eigenvalue weighted by molar-refractivity contribution is 0.301. The fraction of sp³-hybridized carbons (Fsp3) is 0.333. The number of rotatable bonds is 11. The third kappa shape index (κ3) is 9.66. The third-order valence-electron chi connectivity index (χ3n) is 6.63. The number of aromatic nitrogens is 3. The molecule has 1 aromatic carbocycles. The third-order valence-corrected chi connectivity index (χ3v) is 7.83. The molecular weight excluding hydrogens is 538 g/mol. The highest BCUT2D eigenvalue weighted by Gasteiger charge is 2.16. The monoisotopic (exact) mass is 581 g/mol. The lowest BCUT2D eigenvalue weighted by atomic mass is 10.0. The van der Waals surface area contributed by atoms with Crippen molar-refractivity contribution in [3.63, 3.8) is 0 Å². The summed E-state index contributed by atoms with van der Waals surface area (Å²) in [4.78, 5) is 10.0. The van der Waals surface area contributed by atoms with Crippen LogP contribution in [0.2, 0.25) is 0 Å². The lowest BCUT2D eigenvalue weighted by Crippen LogP contribution is -2.12. The molecule has 0 saturated heterocycles. The summed E-state index contributed by atoms with van der Waals surface area (Å²) in [6.07, 6.45) is 7.95. The van der Waals surface area contributed by atoms with E-state index >= 15 is 0 Å². The van der Waals surface area contributed by atoms with Crippen molar-refractivity contribution in [1.82, 2.24) is 14.5 Å². The molecule has 0 saturated carbocycles. The summed E-state index contributed by atoms with van der Waals surface area (Å²) in [6, 6.07) is 27.1. The number of hydrogen-bond acceptors (Lipinski definition) is 5. The second kappa shape index (κ2) is 14.9. The van der Waals surface area contributed by atoms with E-state index in [2.05, 4.69) is 97.8 Å². The van der Waals surface area contributed by atoms with E-state index in [-0.39, 0.29) is 4.75 Å². The first-order chi connectivity index (χ1) is 20.2. The second-order valence-corrected chi connectivity index (χ2v) is 13.6. The molecule has 0 radical (unpaired) electrons. The normalized spacial score (nSPS) is 11.3. The van der Waals surface area contributed by atoms with Crippen LogP contribution in [0.15, 0.2) is 102 Å². The maximum absolute atomic E-state index is 6.19. The van der Waals surface area contributed by atoms with Crippen LogP contribution in [0.3, 0.4) is 0 Å². The number of thioether (sulfide) groups is 1. The Morgan fingerprint density at radius 1 is 0.857 bits per heavy atom. The first-order valence-electron chi connectivity index (χ1n) is 14.6. The zero-order valence-electron chi connectivity index (χ0n) is 25.7. The number of benzene rings is 1. The Morgan fingerprint density at radius 3 is 2.29 bits per heavy atom. The molecular formula is C36H43N3O2S. The molecule has 42 heavy (non-hydrogen) atoms. The lowest BCUT2D eigenvalue weighted by Gasteiger charge is -2.22. The van der Waals surface area contributed by atoms with Crippen molar-refractivity contribution in [1.29, 1.82) is 0 Å². The van der Waals surface area contributed by atoms with Gasteiger partial charge in [0.1, 0.15) is 12.4 Å². The molecule has 0 atom stereocenters. The van der Waals surface area contributed by atoms with Crippen LogP contribution in [0.25, 0.3) is 11.1 Å². The van der Waals surface area contributed by atoms with Crippen molar-refractivity contribution < 1.29 is 9.47 Å². The zero-order chi connectivity index (χ0) is 30.0. The molecule has 0 aliphatic rings. The van der Waals surface area contributed by atoms with Crippen LogP contribution in [0, 0.1) is 5.92 Å². The van der Waals surface area contributed by atoms with E-state index in [0.717, 1.165) is 42.0 Å². The van der Waals surface area contributed by atoms with E-state index in [9.17, 15) is 0 Å². The Bertz CT molecular complexity index is 1460. The molecule has 0 unspecified atom stereocenters. The van der Waals surface area contributed by atoms with Gasteiger partial charge >= 0.3 is 0 Å². The van der Waals surface area contributed by atoms with Crippen molar-refractivity contribution in [3.8, 4) is 22.8 Å². The molecule has 0 N–H and O–H groups in total. The van der Waals surface area contributed by atoms with Gasteiger partial charge in [0.15, 0.2) is 0 Å². The van der Waals surface area contributed by atoms with Crippen molar-refractivity contribution in [3.05, 3.63) is 114 Å². The van der Waals surface area contributed by atoms with E-state index in [0.29, 0.717) is 18.4 Å². The van der Waals surface area contributed by atoms with Gasteiger partial charge in [-0.2, -0.15) is 0 Å². The predicted octanol–water partition coefficient (Wildman–Crippen LogP) is 9.18. The molecule has 0 bridgehead atoms. The Labute approximate surface area is 255 Å². The molecule has 0 spiro atoms.